The van der Waals surface area contributed by atoms with Crippen LogP contribution in [0.3, 0.4) is 0 Å². The number of ether oxygens (including phenoxy) is 2. The van der Waals surface area contributed by atoms with Gasteiger partial charge in [0.1, 0.15) is 22.9 Å². The van der Waals surface area contributed by atoms with Crippen molar-refractivity contribution in [2.24, 2.45) is 0 Å². The molecule has 0 aliphatic rings. The highest BCUT2D eigenvalue weighted by molar-refractivity contribution is 7.15. The molecule has 3 rings (SSSR count). The zero-order chi connectivity index (χ0) is 23.0. The van der Waals surface area contributed by atoms with Crippen LogP contribution in [0.25, 0.3) is 10.4 Å². The van der Waals surface area contributed by atoms with E-state index in [2.05, 4.69) is 9.47 Å². The second kappa shape index (κ2) is 8.37. The van der Waals surface area contributed by atoms with Gasteiger partial charge in [0.15, 0.2) is 11.6 Å². The molecule has 0 atom stereocenters. The topological polar surface area (TPSA) is 18.5 Å². The van der Waals surface area contributed by atoms with E-state index in [1.54, 1.807) is 12.1 Å². The van der Waals surface area contributed by atoms with E-state index in [-0.39, 0.29) is 11.6 Å². The normalized spacial score (nSPS) is 12.2. The fourth-order valence-corrected chi connectivity index (χ4v) is 3.60. The average molecular weight is 468 g/mol. The summed E-state index contributed by atoms with van der Waals surface area (Å²) >= 11 is 1.24. The molecule has 0 aliphatic heterocycles. The maximum Gasteiger partial charge on any atom is 0.573 e. The van der Waals surface area contributed by atoms with E-state index in [4.69, 9.17) is 0 Å². The fourth-order valence-electron chi connectivity index (χ4n) is 2.67. The van der Waals surface area contributed by atoms with Crippen LogP contribution in [-0.4, -0.2) is 6.36 Å². The highest BCUT2D eigenvalue weighted by Crippen LogP contribution is 2.39. The lowest BCUT2D eigenvalue weighted by molar-refractivity contribution is -0.275. The lowest BCUT2D eigenvalue weighted by atomic mass is 10.1. The van der Waals surface area contributed by atoms with Crippen LogP contribution in [0.15, 0.2) is 42.5 Å². The molecule has 0 saturated heterocycles. The van der Waals surface area contributed by atoms with Crippen molar-refractivity contribution in [1.82, 2.24) is 0 Å². The number of halogens is 8. The zero-order valence-corrected chi connectivity index (χ0v) is 16.3. The largest absolute Gasteiger partial charge is 0.573 e. The number of hydrogen-bond donors (Lipinski definition) is 0. The third kappa shape index (κ3) is 5.27. The summed E-state index contributed by atoms with van der Waals surface area (Å²) < 4.78 is 115. The Bertz CT molecular complexity index is 1070. The van der Waals surface area contributed by atoms with Crippen LogP contribution >= 0.6 is 11.3 Å². The Hall–Kier alpha value is -2.82. The van der Waals surface area contributed by atoms with E-state index in [0.717, 1.165) is 4.88 Å². The summed E-state index contributed by atoms with van der Waals surface area (Å²) in [5.74, 6) is -7.13. The third-order valence-electron chi connectivity index (χ3n) is 4.00. The highest BCUT2D eigenvalue weighted by atomic mass is 32.1. The fraction of sp³-hybridized carbons (Fsp3) is 0.200. The van der Waals surface area contributed by atoms with Crippen LogP contribution in [-0.2, 0) is 12.5 Å². The van der Waals surface area contributed by atoms with Crippen molar-refractivity contribution in [2.45, 2.75) is 25.8 Å². The average Bonchev–Trinajstić information content (AvgIpc) is 3.11. The van der Waals surface area contributed by atoms with Crippen molar-refractivity contribution in [3.63, 3.8) is 0 Å². The van der Waals surface area contributed by atoms with Gasteiger partial charge in [0.05, 0.1) is 0 Å². The van der Waals surface area contributed by atoms with E-state index in [1.165, 1.54) is 11.3 Å². The van der Waals surface area contributed by atoms with E-state index in [9.17, 15) is 35.1 Å². The molecule has 166 valence electrons. The van der Waals surface area contributed by atoms with Crippen molar-refractivity contribution in [1.29, 1.82) is 0 Å². The quantitative estimate of drug-likeness (QED) is 0.351. The monoisotopic (exact) mass is 468 g/mol. The maximum absolute atomic E-state index is 14.4. The summed E-state index contributed by atoms with van der Waals surface area (Å²) in [6.07, 6.45) is -9.11. The van der Waals surface area contributed by atoms with Gasteiger partial charge in [0.2, 0.25) is 0 Å². The molecule has 0 spiro atoms. The minimum Gasteiger partial charge on any atom is -0.429 e. The Morgan fingerprint density at radius 1 is 0.806 bits per heavy atom. The number of benzene rings is 2. The third-order valence-corrected chi connectivity index (χ3v) is 5.28. The Morgan fingerprint density at radius 3 is 1.97 bits per heavy atom. The van der Waals surface area contributed by atoms with Gasteiger partial charge in [-0.3, -0.25) is 0 Å². The van der Waals surface area contributed by atoms with Crippen molar-refractivity contribution < 1.29 is 44.6 Å². The van der Waals surface area contributed by atoms with Crippen molar-refractivity contribution >= 4 is 11.3 Å². The second-order valence-corrected chi connectivity index (χ2v) is 7.36. The smallest absolute Gasteiger partial charge is 0.429 e. The number of alkyl halides is 5. The lowest BCUT2D eigenvalue weighted by Gasteiger charge is -2.20. The molecule has 0 unspecified atom stereocenters. The summed E-state index contributed by atoms with van der Waals surface area (Å²) in [5, 5.41) is 0. The van der Waals surface area contributed by atoms with Gasteiger partial charge in [-0.15, -0.1) is 24.5 Å². The first-order valence-corrected chi connectivity index (χ1v) is 9.42. The highest BCUT2D eigenvalue weighted by Gasteiger charge is 2.41. The van der Waals surface area contributed by atoms with Gasteiger partial charge in [-0.05, 0) is 48.4 Å². The zero-order valence-electron chi connectivity index (χ0n) is 15.5. The molecule has 0 radical (unpaired) electrons. The van der Waals surface area contributed by atoms with E-state index in [0.29, 0.717) is 35.6 Å². The molecule has 0 N–H and O–H groups in total. The van der Waals surface area contributed by atoms with E-state index < -0.39 is 47.0 Å². The van der Waals surface area contributed by atoms with Crippen molar-refractivity contribution in [3.8, 4) is 21.9 Å². The SMILES string of the molecule is CCc1ccc(-c2cc(F)c(C(F)(F)Oc3ccc(OC(F)(F)F)c(F)c3)c(F)c2)s1. The molecule has 2 nitrogen and oxygen atoms in total. The standard InChI is InChI=1S/C20H12F8O2S/c1-2-12-4-6-17(31-12)10-7-14(22)18(15(23)8-10)19(24,25)29-11-3-5-16(13(21)9-11)30-20(26,27)28/h3-9H,2H2,1H3. The van der Waals surface area contributed by atoms with Crippen LogP contribution in [0.1, 0.15) is 17.4 Å². The minimum atomic E-state index is -5.21. The van der Waals surface area contributed by atoms with Gasteiger partial charge < -0.3 is 9.47 Å². The molecule has 3 aromatic rings. The van der Waals surface area contributed by atoms with Crippen molar-refractivity contribution in [3.05, 3.63) is 70.4 Å². The molecular formula is C20H12F8O2S. The minimum absolute atomic E-state index is 0.0407. The molecule has 11 heteroatoms. The first-order valence-electron chi connectivity index (χ1n) is 8.60. The Balaban J connectivity index is 1.88. The number of aryl methyl sites for hydroxylation is 1. The molecule has 1 aromatic heterocycles. The van der Waals surface area contributed by atoms with E-state index in [1.807, 2.05) is 6.92 Å². The molecular weight excluding hydrogens is 456 g/mol. The Kier molecular flexibility index (Phi) is 6.17. The van der Waals surface area contributed by atoms with Crippen LogP contribution < -0.4 is 9.47 Å². The summed E-state index contributed by atoms with van der Waals surface area (Å²) in [4.78, 5) is 1.39. The van der Waals surface area contributed by atoms with Crippen LogP contribution in [0.4, 0.5) is 35.1 Å². The van der Waals surface area contributed by atoms with Crippen LogP contribution in [0.2, 0.25) is 0 Å². The maximum atomic E-state index is 14.4. The molecule has 0 amide bonds. The first-order chi connectivity index (χ1) is 14.4. The molecule has 1 heterocycles. The van der Waals surface area contributed by atoms with Crippen molar-refractivity contribution in [2.75, 3.05) is 0 Å². The lowest BCUT2D eigenvalue weighted by Crippen LogP contribution is -2.25. The van der Waals surface area contributed by atoms with Gasteiger partial charge >= 0.3 is 12.5 Å². The number of thiophene rings is 1. The first kappa shape index (κ1) is 22.9. The number of hydrogen-bond acceptors (Lipinski definition) is 3. The summed E-state index contributed by atoms with van der Waals surface area (Å²) in [6, 6.07) is 5.87. The van der Waals surface area contributed by atoms with E-state index >= 15 is 0 Å². The van der Waals surface area contributed by atoms with Crippen LogP contribution in [0, 0.1) is 17.5 Å². The predicted octanol–water partition coefficient (Wildman–Crippen LogP) is 7.42. The van der Waals surface area contributed by atoms with Gasteiger partial charge in [0.25, 0.3) is 0 Å². The van der Waals surface area contributed by atoms with Gasteiger partial charge in [0, 0.05) is 15.8 Å². The molecule has 31 heavy (non-hydrogen) atoms. The van der Waals surface area contributed by atoms with Gasteiger partial charge in [-0.2, -0.15) is 8.78 Å². The van der Waals surface area contributed by atoms with Gasteiger partial charge in [-0.1, -0.05) is 6.92 Å². The molecule has 0 aliphatic carbocycles. The molecule has 0 saturated carbocycles. The summed E-state index contributed by atoms with van der Waals surface area (Å²) in [5.41, 5.74) is -1.68. The number of rotatable bonds is 6. The van der Waals surface area contributed by atoms with Crippen LogP contribution in [0.5, 0.6) is 11.5 Å². The second-order valence-electron chi connectivity index (χ2n) is 6.19. The summed E-state index contributed by atoms with van der Waals surface area (Å²) in [7, 11) is 0. The molecule has 0 fully saturated rings. The molecule has 0 bridgehead atoms. The molecule has 2 aromatic carbocycles. The predicted molar refractivity (Wildman–Crippen MR) is 96.7 cm³/mol. The Labute approximate surface area is 174 Å². The van der Waals surface area contributed by atoms with Gasteiger partial charge in [-0.25, -0.2) is 13.2 Å². The summed E-state index contributed by atoms with van der Waals surface area (Å²) in [6.45, 7) is 1.88. The Morgan fingerprint density at radius 2 is 1.45 bits per heavy atom.